The second-order valence-corrected chi connectivity index (χ2v) is 6.01. The van der Waals surface area contributed by atoms with Gasteiger partial charge in [0.2, 0.25) is 5.91 Å². The zero-order valence-corrected chi connectivity index (χ0v) is 11.8. The molecule has 0 radical (unpaired) electrons. The van der Waals surface area contributed by atoms with Crippen molar-refractivity contribution >= 4 is 17.2 Å². The highest BCUT2D eigenvalue weighted by Crippen LogP contribution is 2.30. The third-order valence-corrected chi connectivity index (χ3v) is 4.43. The quantitative estimate of drug-likeness (QED) is 0.883. The van der Waals surface area contributed by atoms with Gasteiger partial charge in [0, 0.05) is 11.9 Å². The van der Waals surface area contributed by atoms with Gasteiger partial charge in [0.1, 0.15) is 0 Å². The van der Waals surface area contributed by atoms with Crippen molar-refractivity contribution in [3.63, 3.8) is 0 Å². The van der Waals surface area contributed by atoms with Gasteiger partial charge in [0.05, 0.1) is 24.0 Å². The summed E-state index contributed by atoms with van der Waals surface area (Å²) < 4.78 is 5.27. The second kappa shape index (κ2) is 5.38. The number of hydrogen-bond donors (Lipinski definition) is 2. The van der Waals surface area contributed by atoms with Gasteiger partial charge in [-0.05, 0) is 31.4 Å². The van der Waals surface area contributed by atoms with Crippen molar-refractivity contribution in [1.82, 2.24) is 10.3 Å². The minimum absolute atomic E-state index is 0.110. The van der Waals surface area contributed by atoms with Crippen molar-refractivity contribution < 1.29 is 14.3 Å². The maximum atomic E-state index is 11.8. The fraction of sp³-hybridized carbons (Fsp3) is 0.429. The highest BCUT2D eigenvalue weighted by molar-refractivity contribution is 7.13. The van der Waals surface area contributed by atoms with Crippen LogP contribution in [0.5, 0.6) is 0 Å². The van der Waals surface area contributed by atoms with Crippen molar-refractivity contribution in [2.75, 3.05) is 6.54 Å². The molecule has 1 aliphatic rings. The number of carbonyl (C=O) groups excluding carboxylic acids is 1. The van der Waals surface area contributed by atoms with Gasteiger partial charge >= 0.3 is 0 Å². The molecule has 2 N–H and O–H groups in total. The lowest BCUT2D eigenvalue weighted by Gasteiger charge is -2.36. The van der Waals surface area contributed by atoms with E-state index in [9.17, 15) is 9.90 Å². The summed E-state index contributed by atoms with van der Waals surface area (Å²) in [4.78, 5) is 16.2. The molecule has 1 saturated carbocycles. The lowest BCUT2D eigenvalue weighted by atomic mass is 9.80. The van der Waals surface area contributed by atoms with Crippen molar-refractivity contribution in [2.45, 2.75) is 31.3 Å². The number of amides is 1. The van der Waals surface area contributed by atoms with Gasteiger partial charge in [0.15, 0.2) is 10.8 Å². The van der Waals surface area contributed by atoms with E-state index in [2.05, 4.69) is 10.3 Å². The monoisotopic (exact) mass is 292 g/mol. The zero-order chi connectivity index (χ0) is 14.0. The van der Waals surface area contributed by atoms with Crippen molar-refractivity contribution in [2.24, 2.45) is 0 Å². The molecule has 0 spiro atoms. The first-order valence-electron chi connectivity index (χ1n) is 6.62. The fourth-order valence-corrected chi connectivity index (χ4v) is 2.94. The van der Waals surface area contributed by atoms with E-state index in [1.54, 1.807) is 6.26 Å². The molecule has 2 heterocycles. The van der Waals surface area contributed by atoms with Gasteiger partial charge in [-0.3, -0.25) is 4.79 Å². The lowest BCUT2D eigenvalue weighted by molar-refractivity contribution is -0.122. The number of nitrogens with zero attached hydrogens (tertiary/aromatic N) is 1. The summed E-state index contributed by atoms with van der Waals surface area (Å²) in [5.74, 6) is 0.604. The molecule has 5 nitrogen and oxygen atoms in total. The molecule has 20 heavy (non-hydrogen) atoms. The van der Waals surface area contributed by atoms with Crippen LogP contribution >= 0.6 is 11.3 Å². The van der Waals surface area contributed by atoms with Crippen LogP contribution in [-0.2, 0) is 11.2 Å². The molecule has 0 bridgehead atoms. The molecule has 0 atom stereocenters. The summed E-state index contributed by atoms with van der Waals surface area (Å²) in [5, 5.41) is 15.3. The number of aliphatic hydroxyl groups is 1. The number of hydrogen-bond acceptors (Lipinski definition) is 5. The van der Waals surface area contributed by atoms with Crippen LogP contribution in [0.3, 0.4) is 0 Å². The first-order chi connectivity index (χ1) is 9.65. The van der Waals surface area contributed by atoms with Gasteiger partial charge in [-0.25, -0.2) is 4.98 Å². The Morgan fingerprint density at radius 1 is 1.55 bits per heavy atom. The predicted molar refractivity (Wildman–Crippen MR) is 75.3 cm³/mol. The lowest BCUT2D eigenvalue weighted by Crippen LogP contribution is -2.48. The molecular formula is C14H16N2O3S. The number of nitrogens with one attached hydrogen (secondary N) is 1. The van der Waals surface area contributed by atoms with E-state index >= 15 is 0 Å². The Hall–Kier alpha value is -1.66. The SMILES string of the molecule is O=C(Cc1csc(-c2ccco2)n1)NCC1(O)CCC1. The van der Waals surface area contributed by atoms with E-state index in [1.165, 1.54) is 11.3 Å². The normalized spacial score (nSPS) is 16.6. The summed E-state index contributed by atoms with van der Waals surface area (Å²) in [7, 11) is 0. The maximum absolute atomic E-state index is 11.8. The van der Waals surface area contributed by atoms with Crippen LogP contribution in [0.15, 0.2) is 28.2 Å². The molecule has 106 valence electrons. The summed E-state index contributed by atoms with van der Waals surface area (Å²) in [5.41, 5.74) is 0.0383. The van der Waals surface area contributed by atoms with Crippen molar-refractivity contribution in [3.8, 4) is 10.8 Å². The Morgan fingerprint density at radius 3 is 3.05 bits per heavy atom. The van der Waals surface area contributed by atoms with Crippen LogP contribution in [0.4, 0.5) is 0 Å². The van der Waals surface area contributed by atoms with Gasteiger partial charge < -0.3 is 14.8 Å². The molecule has 2 aromatic heterocycles. The second-order valence-electron chi connectivity index (χ2n) is 5.15. The predicted octanol–water partition coefficient (Wildman–Crippen LogP) is 1.98. The first kappa shape index (κ1) is 13.3. The summed E-state index contributed by atoms with van der Waals surface area (Å²) in [6, 6.07) is 3.65. The highest BCUT2D eigenvalue weighted by atomic mass is 32.1. The number of furan rings is 1. The smallest absolute Gasteiger partial charge is 0.226 e. The minimum atomic E-state index is -0.683. The van der Waals surface area contributed by atoms with E-state index < -0.39 is 5.60 Å². The Labute approximate surface area is 120 Å². The Morgan fingerprint density at radius 2 is 2.40 bits per heavy atom. The maximum Gasteiger partial charge on any atom is 0.226 e. The first-order valence-corrected chi connectivity index (χ1v) is 7.50. The number of rotatable bonds is 5. The molecule has 0 saturated heterocycles. The summed E-state index contributed by atoms with van der Waals surface area (Å²) in [6.45, 7) is 0.334. The zero-order valence-electron chi connectivity index (χ0n) is 11.0. The molecule has 0 aliphatic heterocycles. The number of thiazole rings is 1. The van der Waals surface area contributed by atoms with Gasteiger partial charge in [-0.2, -0.15) is 0 Å². The van der Waals surface area contributed by atoms with Crippen LogP contribution in [0.2, 0.25) is 0 Å². The Balaban J connectivity index is 1.54. The van der Waals surface area contributed by atoms with Crippen LogP contribution in [0.1, 0.15) is 25.0 Å². The third-order valence-electron chi connectivity index (χ3n) is 3.52. The Bertz CT molecular complexity index is 587. The highest BCUT2D eigenvalue weighted by Gasteiger charge is 2.34. The van der Waals surface area contributed by atoms with Crippen LogP contribution < -0.4 is 5.32 Å². The molecule has 3 rings (SSSR count). The van der Waals surface area contributed by atoms with Crippen LogP contribution in [-0.4, -0.2) is 28.1 Å². The van der Waals surface area contributed by atoms with E-state index in [0.717, 1.165) is 30.0 Å². The molecule has 6 heteroatoms. The average molecular weight is 292 g/mol. The van der Waals surface area contributed by atoms with Gasteiger partial charge in [-0.15, -0.1) is 11.3 Å². The van der Waals surface area contributed by atoms with Gasteiger partial charge in [0.25, 0.3) is 0 Å². The largest absolute Gasteiger partial charge is 0.462 e. The van der Waals surface area contributed by atoms with Crippen LogP contribution in [0, 0.1) is 0 Å². The van der Waals surface area contributed by atoms with Crippen molar-refractivity contribution in [1.29, 1.82) is 0 Å². The Kier molecular flexibility index (Phi) is 3.58. The minimum Gasteiger partial charge on any atom is -0.462 e. The van der Waals surface area contributed by atoms with E-state index in [4.69, 9.17) is 4.42 Å². The number of carbonyl (C=O) groups is 1. The standard InChI is InChI=1S/C14H16N2O3S/c17-12(15-9-14(18)4-2-5-14)7-10-8-20-13(16-10)11-3-1-6-19-11/h1,3,6,8,18H,2,4-5,7,9H2,(H,15,17). The van der Waals surface area contributed by atoms with Crippen molar-refractivity contribution in [3.05, 3.63) is 29.5 Å². The van der Waals surface area contributed by atoms with E-state index in [-0.39, 0.29) is 12.3 Å². The molecule has 2 aromatic rings. The molecule has 1 amide bonds. The summed E-state index contributed by atoms with van der Waals surface area (Å²) in [6.07, 6.45) is 4.40. The van der Waals surface area contributed by atoms with Crippen LogP contribution in [0.25, 0.3) is 10.8 Å². The van der Waals surface area contributed by atoms with Gasteiger partial charge in [-0.1, -0.05) is 0 Å². The van der Waals surface area contributed by atoms with E-state index in [1.807, 2.05) is 17.5 Å². The molecular weight excluding hydrogens is 276 g/mol. The molecule has 0 aromatic carbocycles. The molecule has 1 aliphatic carbocycles. The topological polar surface area (TPSA) is 75.4 Å². The fourth-order valence-electron chi connectivity index (χ4n) is 2.15. The average Bonchev–Trinajstić information content (AvgIpc) is 3.04. The van der Waals surface area contributed by atoms with E-state index in [0.29, 0.717) is 12.3 Å². The molecule has 1 fully saturated rings. The number of aromatic nitrogens is 1. The molecule has 0 unspecified atom stereocenters. The summed E-state index contributed by atoms with van der Waals surface area (Å²) >= 11 is 1.45. The third kappa shape index (κ3) is 2.91.